The van der Waals surface area contributed by atoms with Gasteiger partial charge in [0.05, 0.1) is 12.5 Å². The van der Waals surface area contributed by atoms with Gasteiger partial charge < -0.3 is 10.2 Å². The Morgan fingerprint density at radius 3 is 2.48 bits per heavy atom. The summed E-state index contributed by atoms with van der Waals surface area (Å²) in [4.78, 5) is 25.6. The second-order valence-electron chi connectivity index (χ2n) is 5.96. The van der Waals surface area contributed by atoms with E-state index in [1.165, 1.54) is 19.1 Å². The Hall–Kier alpha value is -2.69. The zero-order valence-electron chi connectivity index (χ0n) is 14.5. The van der Waals surface area contributed by atoms with Gasteiger partial charge in [-0.05, 0) is 30.2 Å². The molecule has 25 heavy (non-hydrogen) atoms. The van der Waals surface area contributed by atoms with Crippen molar-refractivity contribution in [1.29, 1.82) is 0 Å². The van der Waals surface area contributed by atoms with Crippen molar-refractivity contribution in [1.82, 2.24) is 10.2 Å². The van der Waals surface area contributed by atoms with Crippen molar-refractivity contribution in [3.05, 3.63) is 71.5 Å². The molecule has 0 aliphatic heterocycles. The molecule has 0 aliphatic rings. The van der Waals surface area contributed by atoms with Gasteiger partial charge in [0.25, 0.3) is 0 Å². The van der Waals surface area contributed by atoms with Crippen LogP contribution in [0, 0.1) is 5.82 Å². The summed E-state index contributed by atoms with van der Waals surface area (Å²) in [5.41, 5.74) is 1.67. The molecule has 2 rings (SSSR count). The maximum Gasteiger partial charge on any atom is 0.224 e. The van der Waals surface area contributed by atoms with Crippen LogP contribution in [-0.2, 0) is 16.0 Å². The van der Waals surface area contributed by atoms with E-state index in [0.29, 0.717) is 18.7 Å². The average Bonchev–Trinajstić information content (AvgIpc) is 2.58. The van der Waals surface area contributed by atoms with E-state index in [2.05, 4.69) is 5.32 Å². The summed E-state index contributed by atoms with van der Waals surface area (Å²) in [5.74, 6) is -0.595. The van der Waals surface area contributed by atoms with Crippen molar-refractivity contribution >= 4 is 11.8 Å². The zero-order valence-corrected chi connectivity index (χ0v) is 14.5. The molecule has 0 heterocycles. The molecule has 132 valence electrons. The second-order valence-corrected chi connectivity index (χ2v) is 5.96. The summed E-state index contributed by atoms with van der Waals surface area (Å²) in [7, 11) is 0. The lowest BCUT2D eigenvalue weighted by atomic mass is 10.1. The number of nitrogens with zero attached hydrogens (tertiary/aromatic N) is 1. The molecular formula is C20H23FN2O2. The standard InChI is InChI=1S/C20H23FN2O2/c1-15(18-8-4-3-5-9-18)23(16(2)24)12-11-22-20(25)14-17-7-6-10-19(21)13-17/h3-10,13,15H,11-12,14H2,1-2H3,(H,22,25). The number of amides is 2. The number of rotatable bonds is 7. The Labute approximate surface area is 147 Å². The van der Waals surface area contributed by atoms with Gasteiger partial charge in [-0.1, -0.05) is 42.5 Å². The van der Waals surface area contributed by atoms with E-state index in [4.69, 9.17) is 0 Å². The quantitative estimate of drug-likeness (QED) is 0.841. The van der Waals surface area contributed by atoms with Crippen molar-refractivity contribution in [3.8, 4) is 0 Å². The first-order chi connectivity index (χ1) is 12.0. The molecule has 0 aromatic heterocycles. The normalized spacial score (nSPS) is 11.6. The number of hydrogen-bond donors (Lipinski definition) is 1. The minimum atomic E-state index is -0.357. The molecule has 0 bridgehead atoms. The number of halogens is 1. The summed E-state index contributed by atoms with van der Waals surface area (Å²) in [5, 5.41) is 2.79. The van der Waals surface area contributed by atoms with Crippen molar-refractivity contribution in [3.63, 3.8) is 0 Å². The maximum atomic E-state index is 13.1. The van der Waals surface area contributed by atoms with E-state index in [1.807, 2.05) is 37.3 Å². The highest BCUT2D eigenvalue weighted by atomic mass is 19.1. The van der Waals surface area contributed by atoms with Gasteiger partial charge >= 0.3 is 0 Å². The van der Waals surface area contributed by atoms with Crippen LogP contribution in [0.4, 0.5) is 4.39 Å². The van der Waals surface area contributed by atoms with Gasteiger partial charge in [-0.15, -0.1) is 0 Å². The fourth-order valence-corrected chi connectivity index (χ4v) is 2.75. The molecule has 1 N–H and O–H groups in total. The number of benzene rings is 2. The van der Waals surface area contributed by atoms with Gasteiger partial charge in [-0.25, -0.2) is 4.39 Å². The van der Waals surface area contributed by atoms with Gasteiger partial charge in [0.15, 0.2) is 0 Å². The predicted molar refractivity (Wildman–Crippen MR) is 95.4 cm³/mol. The number of hydrogen-bond acceptors (Lipinski definition) is 2. The highest BCUT2D eigenvalue weighted by Gasteiger charge is 2.18. The molecule has 4 nitrogen and oxygen atoms in total. The minimum absolute atomic E-state index is 0.0456. The summed E-state index contributed by atoms with van der Waals surface area (Å²) in [6, 6.07) is 15.7. The van der Waals surface area contributed by atoms with Crippen molar-refractivity contribution in [2.75, 3.05) is 13.1 Å². The maximum absolute atomic E-state index is 13.1. The molecule has 0 aliphatic carbocycles. The fourth-order valence-electron chi connectivity index (χ4n) is 2.75. The van der Waals surface area contributed by atoms with E-state index in [9.17, 15) is 14.0 Å². The van der Waals surface area contributed by atoms with Crippen LogP contribution in [0.5, 0.6) is 0 Å². The molecule has 0 saturated carbocycles. The van der Waals surface area contributed by atoms with Gasteiger partial charge in [0, 0.05) is 20.0 Å². The monoisotopic (exact) mass is 342 g/mol. The summed E-state index contributed by atoms with van der Waals surface area (Å²) in [6.07, 6.45) is 0.117. The van der Waals surface area contributed by atoms with E-state index >= 15 is 0 Å². The minimum Gasteiger partial charge on any atom is -0.354 e. The van der Waals surface area contributed by atoms with Crippen LogP contribution >= 0.6 is 0 Å². The lowest BCUT2D eigenvalue weighted by Gasteiger charge is -2.28. The van der Waals surface area contributed by atoms with E-state index in [1.54, 1.807) is 17.0 Å². The third-order valence-corrected chi connectivity index (χ3v) is 4.08. The molecule has 2 amide bonds. The summed E-state index contributed by atoms with van der Waals surface area (Å²) >= 11 is 0. The molecule has 1 unspecified atom stereocenters. The second kappa shape index (κ2) is 8.97. The highest BCUT2D eigenvalue weighted by Crippen LogP contribution is 2.19. The molecule has 1 atom stereocenters. The lowest BCUT2D eigenvalue weighted by Crippen LogP contribution is -2.39. The number of carbonyl (C=O) groups is 2. The van der Waals surface area contributed by atoms with Gasteiger partial charge in [0.2, 0.25) is 11.8 Å². The Kier molecular flexibility index (Phi) is 6.69. The van der Waals surface area contributed by atoms with Crippen LogP contribution in [-0.4, -0.2) is 29.8 Å². The third-order valence-electron chi connectivity index (χ3n) is 4.08. The number of carbonyl (C=O) groups excluding carboxylic acids is 2. The van der Waals surface area contributed by atoms with Crippen LogP contribution in [0.15, 0.2) is 54.6 Å². The molecule has 0 fully saturated rings. The van der Waals surface area contributed by atoms with Crippen LogP contribution < -0.4 is 5.32 Å². The molecule has 0 spiro atoms. The van der Waals surface area contributed by atoms with Crippen LogP contribution in [0.2, 0.25) is 0 Å². The topological polar surface area (TPSA) is 49.4 Å². The van der Waals surface area contributed by atoms with Crippen molar-refractivity contribution in [2.24, 2.45) is 0 Å². The largest absolute Gasteiger partial charge is 0.354 e. The summed E-state index contributed by atoms with van der Waals surface area (Å²) in [6.45, 7) is 4.25. The first-order valence-corrected chi connectivity index (χ1v) is 8.30. The Morgan fingerprint density at radius 1 is 1.12 bits per heavy atom. The van der Waals surface area contributed by atoms with E-state index in [-0.39, 0.29) is 30.1 Å². The fraction of sp³-hybridized carbons (Fsp3) is 0.300. The van der Waals surface area contributed by atoms with Gasteiger partial charge in [0.1, 0.15) is 5.82 Å². The van der Waals surface area contributed by atoms with Gasteiger partial charge in [-0.2, -0.15) is 0 Å². The van der Waals surface area contributed by atoms with Crippen molar-refractivity contribution in [2.45, 2.75) is 26.3 Å². The molecule has 2 aromatic rings. The SMILES string of the molecule is CC(=O)N(CCNC(=O)Cc1cccc(F)c1)C(C)c1ccccc1. The smallest absolute Gasteiger partial charge is 0.224 e. The molecule has 5 heteroatoms. The highest BCUT2D eigenvalue weighted by molar-refractivity contribution is 5.78. The Bertz CT molecular complexity index is 719. The van der Waals surface area contributed by atoms with Crippen LogP contribution in [0.3, 0.4) is 0 Å². The molecular weight excluding hydrogens is 319 g/mol. The molecule has 0 radical (unpaired) electrons. The van der Waals surface area contributed by atoms with E-state index < -0.39 is 0 Å². The van der Waals surface area contributed by atoms with Crippen LogP contribution in [0.25, 0.3) is 0 Å². The lowest BCUT2D eigenvalue weighted by molar-refractivity contribution is -0.131. The predicted octanol–water partition coefficient (Wildman–Crippen LogP) is 3.09. The molecule has 2 aromatic carbocycles. The number of nitrogens with one attached hydrogen (secondary N) is 1. The molecule has 0 saturated heterocycles. The zero-order chi connectivity index (χ0) is 18.2. The first kappa shape index (κ1) is 18.6. The van der Waals surface area contributed by atoms with E-state index in [0.717, 1.165) is 5.56 Å². The Morgan fingerprint density at radius 2 is 1.84 bits per heavy atom. The first-order valence-electron chi connectivity index (χ1n) is 8.30. The third kappa shape index (κ3) is 5.71. The summed E-state index contributed by atoms with van der Waals surface area (Å²) < 4.78 is 13.1. The average molecular weight is 342 g/mol. The van der Waals surface area contributed by atoms with Gasteiger partial charge in [-0.3, -0.25) is 9.59 Å². The van der Waals surface area contributed by atoms with Crippen molar-refractivity contribution < 1.29 is 14.0 Å². The Balaban J connectivity index is 1.87. The van der Waals surface area contributed by atoms with Crippen LogP contribution in [0.1, 0.15) is 31.0 Å².